The zero-order valence-electron chi connectivity index (χ0n) is 9.73. The zero-order chi connectivity index (χ0) is 11.8. The molecule has 4 heteroatoms. The molecule has 0 atom stereocenters. The molecule has 0 aliphatic heterocycles. The van der Waals surface area contributed by atoms with E-state index < -0.39 is 0 Å². The van der Waals surface area contributed by atoms with Gasteiger partial charge < -0.3 is 10.1 Å². The average Bonchev–Trinajstić information content (AvgIpc) is 2.28. The number of pyridine rings is 1. The third-order valence-electron chi connectivity index (χ3n) is 2.00. The van der Waals surface area contributed by atoms with E-state index >= 15 is 0 Å². The summed E-state index contributed by atoms with van der Waals surface area (Å²) in [5, 5.41) is 11.9. The van der Waals surface area contributed by atoms with Gasteiger partial charge in [-0.15, -0.1) is 0 Å². The SMILES string of the molecule is CC(C)OCCNCc1ccnc(C#N)c1. The number of aromatic nitrogens is 1. The highest BCUT2D eigenvalue weighted by Crippen LogP contribution is 1.99. The van der Waals surface area contributed by atoms with E-state index in [0.717, 1.165) is 18.7 Å². The number of nitrogens with one attached hydrogen (secondary N) is 1. The van der Waals surface area contributed by atoms with E-state index in [0.29, 0.717) is 12.3 Å². The second kappa shape index (κ2) is 6.94. The van der Waals surface area contributed by atoms with Crippen LogP contribution in [0.1, 0.15) is 25.1 Å². The van der Waals surface area contributed by atoms with Crippen molar-refractivity contribution in [2.45, 2.75) is 26.5 Å². The molecule has 1 N–H and O–H groups in total. The largest absolute Gasteiger partial charge is 0.377 e. The van der Waals surface area contributed by atoms with Gasteiger partial charge in [0.05, 0.1) is 12.7 Å². The first kappa shape index (κ1) is 12.6. The minimum Gasteiger partial charge on any atom is -0.377 e. The summed E-state index contributed by atoms with van der Waals surface area (Å²) in [6.07, 6.45) is 1.92. The Hall–Kier alpha value is -1.44. The quantitative estimate of drug-likeness (QED) is 0.736. The van der Waals surface area contributed by atoms with Crippen molar-refractivity contribution in [3.63, 3.8) is 0 Å². The molecule has 0 aromatic carbocycles. The van der Waals surface area contributed by atoms with Gasteiger partial charge in [-0.3, -0.25) is 0 Å². The Bertz CT molecular complexity index is 358. The first-order chi connectivity index (χ1) is 7.72. The highest BCUT2D eigenvalue weighted by molar-refractivity contribution is 5.25. The average molecular weight is 219 g/mol. The van der Waals surface area contributed by atoms with Crippen LogP contribution in [0.2, 0.25) is 0 Å². The fourth-order valence-electron chi connectivity index (χ4n) is 1.24. The summed E-state index contributed by atoms with van der Waals surface area (Å²) in [5.74, 6) is 0. The summed E-state index contributed by atoms with van der Waals surface area (Å²) >= 11 is 0. The molecule has 4 nitrogen and oxygen atoms in total. The Kier molecular flexibility index (Phi) is 5.48. The molecule has 86 valence electrons. The number of nitrogens with zero attached hydrogens (tertiary/aromatic N) is 2. The summed E-state index contributed by atoms with van der Waals surface area (Å²) in [6, 6.07) is 5.71. The van der Waals surface area contributed by atoms with E-state index in [1.54, 1.807) is 12.3 Å². The second-order valence-corrected chi connectivity index (χ2v) is 3.76. The number of rotatable bonds is 6. The number of hydrogen-bond donors (Lipinski definition) is 1. The van der Waals surface area contributed by atoms with E-state index in [2.05, 4.69) is 10.3 Å². The van der Waals surface area contributed by atoms with Gasteiger partial charge in [-0.1, -0.05) is 0 Å². The minimum absolute atomic E-state index is 0.271. The molecule has 0 spiro atoms. The van der Waals surface area contributed by atoms with Gasteiger partial charge in [0.1, 0.15) is 11.8 Å². The van der Waals surface area contributed by atoms with Gasteiger partial charge in [-0.25, -0.2) is 4.98 Å². The van der Waals surface area contributed by atoms with E-state index in [1.807, 2.05) is 26.0 Å². The normalized spacial score (nSPS) is 10.4. The van der Waals surface area contributed by atoms with Crippen LogP contribution in [0.4, 0.5) is 0 Å². The van der Waals surface area contributed by atoms with Crippen molar-refractivity contribution in [3.05, 3.63) is 29.6 Å². The van der Waals surface area contributed by atoms with Crippen molar-refractivity contribution in [3.8, 4) is 6.07 Å². The molecule has 0 amide bonds. The molecule has 0 aliphatic rings. The summed E-state index contributed by atoms with van der Waals surface area (Å²) in [7, 11) is 0. The maximum Gasteiger partial charge on any atom is 0.140 e. The van der Waals surface area contributed by atoms with Crippen LogP contribution in [0, 0.1) is 11.3 Å². The van der Waals surface area contributed by atoms with Gasteiger partial charge in [0.15, 0.2) is 0 Å². The molecule has 1 rings (SSSR count). The highest BCUT2D eigenvalue weighted by atomic mass is 16.5. The van der Waals surface area contributed by atoms with Gasteiger partial charge in [-0.2, -0.15) is 5.26 Å². The monoisotopic (exact) mass is 219 g/mol. The number of nitriles is 1. The lowest BCUT2D eigenvalue weighted by molar-refractivity contribution is 0.0807. The minimum atomic E-state index is 0.271. The van der Waals surface area contributed by atoms with Gasteiger partial charge >= 0.3 is 0 Å². The second-order valence-electron chi connectivity index (χ2n) is 3.76. The first-order valence-corrected chi connectivity index (χ1v) is 5.39. The molecule has 0 fully saturated rings. The molecule has 1 aromatic rings. The van der Waals surface area contributed by atoms with Crippen LogP contribution in [0.5, 0.6) is 0 Å². The summed E-state index contributed by atoms with van der Waals surface area (Å²) in [4.78, 5) is 3.91. The van der Waals surface area contributed by atoms with E-state index in [4.69, 9.17) is 10.00 Å². The van der Waals surface area contributed by atoms with Crippen molar-refractivity contribution in [2.24, 2.45) is 0 Å². The highest BCUT2D eigenvalue weighted by Gasteiger charge is 1.96. The lowest BCUT2D eigenvalue weighted by Gasteiger charge is -2.08. The molecular weight excluding hydrogens is 202 g/mol. The third-order valence-corrected chi connectivity index (χ3v) is 2.00. The maximum atomic E-state index is 8.68. The van der Waals surface area contributed by atoms with Crippen molar-refractivity contribution in [1.29, 1.82) is 5.26 Å². The van der Waals surface area contributed by atoms with Gasteiger partial charge in [0.2, 0.25) is 0 Å². The summed E-state index contributed by atoms with van der Waals surface area (Å²) in [5.41, 5.74) is 1.52. The topological polar surface area (TPSA) is 57.9 Å². The smallest absolute Gasteiger partial charge is 0.140 e. The Labute approximate surface area is 96.3 Å². The van der Waals surface area contributed by atoms with Crippen molar-refractivity contribution in [1.82, 2.24) is 10.3 Å². The molecule has 1 aromatic heterocycles. The summed E-state index contributed by atoms with van der Waals surface area (Å²) < 4.78 is 5.40. The molecule has 0 radical (unpaired) electrons. The standard InChI is InChI=1S/C12H17N3O/c1-10(2)16-6-5-14-9-11-3-4-15-12(7-11)8-13/h3-4,7,10,14H,5-6,9H2,1-2H3. The van der Waals surface area contributed by atoms with Crippen LogP contribution in [-0.2, 0) is 11.3 Å². The fourth-order valence-corrected chi connectivity index (χ4v) is 1.24. The lowest BCUT2D eigenvalue weighted by atomic mass is 10.2. The number of ether oxygens (including phenoxy) is 1. The molecule has 0 bridgehead atoms. The van der Waals surface area contributed by atoms with E-state index in [-0.39, 0.29) is 6.10 Å². The van der Waals surface area contributed by atoms with E-state index in [1.165, 1.54) is 0 Å². The predicted molar refractivity (Wildman–Crippen MR) is 61.7 cm³/mol. The van der Waals surface area contributed by atoms with Gasteiger partial charge in [0, 0.05) is 19.3 Å². The Morgan fingerprint density at radius 1 is 1.56 bits per heavy atom. The molecule has 0 saturated heterocycles. The van der Waals surface area contributed by atoms with Crippen molar-refractivity contribution >= 4 is 0 Å². The van der Waals surface area contributed by atoms with Gasteiger partial charge in [0.25, 0.3) is 0 Å². The summed E-state index contributed by atoms with van der Waals surface area (Å²) in [6.45, 7) is 6.28. The molecular formula is C12H17N3O. The Morgan fingerprint density at radius 3 is 3.06 bits per heavy atom. The predicted octanol–water partition coefficient (Wildman–Crippen LogP) is 1.47. The Balaban J connectivity index is 2.24. The van der Waals surface area contributed by atoms with Gasteiger partial charge in [-0.05, 0) is 31.5 Å². The van der Waals surface area contributed by atoms with E-state index in [9.17, 15) is 0 Å². The fraction of sp³-hybridized carbons (Fsp3) is 0.500. The Morgan fingerprint density at radius 2 is 2.38 bits per heavy atom. The van der Waals surface area contributed by atoms with Crippen LogP contribution in [0.25, 0.3) is 0 Å². The zero-order valence-corrected chi connectivity index (χ0v) is 9.73. The van der Waals surface area contributed by atoms with Crippen molar-refractivity contribution in [2.75, 3.05) is 13.2 Å². The van der Waals surface area contributed by atoms with Crippen molar-refractivity contribution < 1.29 is 4.74 Å². The molecule has 0 unspecified atom stereocenters. The van der Waals surface area contributed by atoms with Crippen LogP contribution in [0.3, 0.4) is 0 Å². The lowest BCUT2D eigenvalue weighted by Crippen LogP contribution is -2.21. The third kappa shape index (κ3) is 4.87. The first-order valence-electron chi connectivity index (χ1n) is 5.39. The molecule has 0 aliphatic carbocycles. The molecule has 1 heterocycles. The number of hydrogen-bond acceptors (Lipinski definition) is 4. The van der Waals surface area contributed by atoms with Crippen LogP contribution >= 0.6 is 0 Å². The molecule has 0 saturated carbocycles. The maximum absolute atomic E-state index is 8.68. The van der Waals surface area contributed by atoms with Crippen LogP contribution in [0.15, 0.2) is 18.3 Å². The van der Waals surface area contributed by atoms with Crippen LogP contribution < -0.4 is 5.32 Å². The molecule has 16 heavy (non-hydrogen) atoms. The van der Waals surface area contributed by atoms with Crippen LogP contribution in [-0.4, -0.2) is 24.2 Å².